The Morgan fingerprint density at radius 1 is 0.920 bits per heavy atom. The fraction of sp³-hybridized carbons (Fsp3) is 0.227. The third-order valence-corrected chi connectivity index (χ3v) is 5.18. The first-order valence-corrected chi connectivity index (χ1v) is 9.31. The number of allylic oxidation sites excluding steroid dienone is 2. The summed E-state index contributed by atoms with van der Waals surface area (Å²) in [6.45, 7) is 0. The van der Waals surface area contributed by atoms with Crippen LogP contribution < -0.4 is 4.90 Å². The number of hydrogen-bond donors (Lipinski definition) is 0. The Morgan fingerprint density at radius 3 is 2.20 bits per heavy atom. The van der Waals surface area contributed by atoms with Crippen molar-refractivity contribution in [2.75, 3.05) is 19.0 Å². The smallest absolute Gasteiger partial charge is 0.185 e. The Labute approximate surface area is 158 Å². The zero-order chi connectivity index (χ0) is 17.8. The van der Waals surface area contributed by atoms with Gasteiger partial charge in [-0.2, -0.15) is 0 Å². The Bertz CT molecular complexity index is 831. The molecule has 1 fully saturated rings. The predicted octanol–water partition coefficient (Wildman–Crippen LogP) is 5.74. The van der Waals surface area contributed by atoms with E-state index in [2.05, 4.69) is 45.1 Å². The molecule has 0 saturated heterocycles. The van der Waals surface area contributed by atoms with E-state index in [0.29, 0.717) is 0 Å². The molecule has 0 aliphatic heterocycles. The van der Waals surface area contributed by atoms with Gasteiger partial charge in [0, 0.05) is 35.4 Å². The summed E-state index contributed by atoms with van der Waals surface area (Å²) in [5, 5.41) is 0. The number of rotatable bonds is 3. The zero-order valence-corrected chi connectivity index (χ0v) is 16.2. The lowest BCUT2D eigenvalue weighted by atomic mass is 9.87. The molecule has 1 saturated carbocycles. The molecule has 0 bridgehead atoms. The lowest BCUT2D eigenvalue weighted by molar-refractivity contribution is -0.112. The van der Waals surface area contributed by atoms with Gasteiger partial charge in [0.2, 0.25) is 0 Å². The van der Waals surface area contributed by atoms with Crippen LogP contribution in [-0.4, -0.2) is 19.9 Å². The first-order chi connectivity index (χ1) is 12.0. The summed E-state index contributed by atoms with van der Waals surface area (Å²) in [5.74, 6) is 0.179. The maximum Gasteiger partial charge on any atom is 0.185 e. The standard InChI is InChI=1S/C22H22BrNO/c1-24(2)20-12-10-16(11-13-20)14-18-7-5-8-19(22(18)25)15-17-6-3-4-9-21(17)23/h3-4,6,9-15H,5,7-8H2,1-2H3/b18-14+,19-15+. The highest BCUT2D eigenvalue weighted by Gasteiger charge is 2.20. The van der Waals surface area contributed by atoms with Crippen LogP contribution in [0.5, 0.6) is 0 Å². The molecule has 0 atom stereocenters. The van der Waals surface area contributed by atoms with Gasteiger partial charge in [0.05, 0.1) is 0 Å². The van der Waals surface area contributed by atoms with E-state index in [1.807, 2.05) is 50.5 Å². The summed E-state index contributed by atoms with van der Waals surface area (Å²) in [5.41, 5.74) is 5.10. The van der Waals surface area contributed by atoms with Crippen molar-refractivity contribution in [3.8, 4) is 0 Å². The van der Waals surface area contributed by atoms with Gasteiger partial charge in [-0.3, -0.25) is 4.79 Å². The topological polar surface area (TPSA) is 20.3 Å². The highest BCUT2D eigenvalue weighted by atomic mass is 79.9. The average molecular weight is 396 g/mol. The van der Waals surface area contributed by atoms with Crippen molar-refractivity contribution in [1.82, 2.24) is 0 Å². The van der Waals surface area contributed by atoms with Gasteiger partial charge in [-0.15, -0.1) is 0 Å². The third-order valence-electron chi connectivity index (χ3n) is 4.46. The SMILES string of the molecule is CN(C)c1ccc(/C=C2\CCC/C(=C\c3ccccc3Br)C2=O)cc1. The first-order valence-electron chi connectivity index (χ1n) is 8.52. The lowest BCUT2D eigenvalue weighted by Crippen LogP contribution is -2.12. The summed E-state index contributed by atoms with van der Waals surface area (Å²) >= 11 is 3.56. The lowest BCUT2D eigenvalue weighted by Gasteiger charge is -2.17. The van der Waals surface area contributed by atoms with E-state index in [9.17, 15) is 4.79 Å². The molecule has 0 N–H and O–H groups in total. The van der Waals surface area contributed by atoms with Crippen molar-refractivity contribution in [1.29, 1.82) is 0 Å². The van der Waals surface area contributed by atoms with E-state index in [4.69, 9.17) is 0 Å². The zero-order valence-electron chi connectivity index (χ0n) is 14.6. The van der Waals surface area contributed by atoms with E-state index < -0.39 is 0 Å². The predicted molar refractivity (Wildman–Crippen MR) is 110 cm³/mol. The highest BCUT2D eigenvalue weighted by molar-refractivity contribution is 9.10. The van der Waals surface area contributed by atoms with Gasteiger partial charge >= 0.3 is 0 Å². The number of benzene rings is 2. The van der Waals surface area contributed by atoms with Gasteiger partial charge in [-0.1, -0.05) is 46.3 Å². The number of ketones is 1. The summed E-state index contributed by atoms with van der Waals surface area (Å²) in [4.78, 5) is 14.9. The fourth-order valence-corrected chi connectivity index (χ4v) is 3.43. The van der Waals surface area contributed by atoms with Crippen LogP contribution in [0.1, 0.15) is 30.4 Å². The van der Waals surface area contributed by atoms with Gasteiger partial charge in [-0.25, -0.2) is 0 Å². The molecule has 2 aromatic carbocycles. The molecule has 3 heteroatoms. The maximum absolute atomic E-state index is 12.9. The normalized spacial score (nSPS) is 18.0. The molecule has 0 aromatic heterocycles. The average Bonchev–Trinajstić information content (AvgIpc) is 2.61. The van der Waals surface area contributed by atoms with Crippen molar-refractivity contribution >= 4 is 39.6 Å². The minimum atomic E-state index is 0.179. The number of nitrogens with zero attached hydrogens (tertiary/aromatic N) is 1. The van der Waals surface area contributed by atoms with Crippen molar-refractivity contribution < 1.29 is 4.79 Å². The van der Waals surface area contributed by atoms with Crippen molar-refractivity contribution in [3.63, 3.8) is 0 Å². The third kappa shape index (κ3) is 4.29. The molecule has 2 aromatic rings. The van der Waals surface area contributed by atoms with Crippen LogP contribution in [0.2, 0.25) is 0 Å². The van der Waals surface area contributed by atoms with Gasteiger partial charge in [-0.05, 0) is 60.7 Å². The molecule has 128 valence electrons. The van der Waals surface area contributed by atoms with E-state index in [-0.39, 0.29) is 5.78 Å². The van der Waals surface area contributed by atoms with Gasteiger partial charge in [0.1, 0.15) is 0 Å². The van der Waals surface area contributed by atoms with Crippen LogP contribution >= 0.6 is 15.9 Å². The molecule has 2 nitrogen and oxygen atoms in total. The van der Waals surface area contributed by atoms with Crippen molar-refractivity contribution in [3.05, 3.63) is 75.3 Å². The van der Waals surface area contributed by atoms with Crippen LogP contribution in [-0.2, 0) is 4.79 Å². The monoisotopic (exact) mass is 395 g/mol. The largest absolute Gasteiger partial charge is 0.378 e. The fourth-order valence-electron chi connectivity index (χ4n) is 3.03. The quantitative estimate of drug-likeness (QED) is 0.617. The van der Waals surface area contributed by atoms with Crippen LogP contribution in [0, 0.1) is 0 Å². The number of hydrogen-bond acceptors (Lipinski definition) is 2. The second-order valence-corrected chi connectivity index (χ2v) is 7.38. The number of Topliss-reactive ketones (excluding diaryl/α,β-unsaturated/α-hetero) is 1. The molecule has 3 rings (SSSR count). The second-order valence-electron chi connectivity index (χ2n) is 6.53. The van der Waals surface area contributed by atoms with Crippen molar-refractivity contribution in [2.45, 2.75) is 19.3 Å². The Kier molecular flexibility index (Phi) is 5.54. The summed E-state index contributed by atoms with van der Waals surface area (Å²) in [6, 6.07) is 16.3. The summed E-state index contributed by atoms with van der Waals surface area (Å²) in [7, 11) is 4.05. The molecule has 0 spiro atoms. The van der Waals surface area contributed by atoms with Crippen molar-refractivity contribution in [2.24, 2.45) is 0 Å². The Hall–Kier alpha value is -2.13. The number of halogens is 1. The molecule has 0 heterocycles. The van der Waals surface area contributed by atoms with Gasteiger partial charge in [0.25, 0.3) is 0 Å². The van der Waals surface area contributed by atoms with Crippen LogP contribution in [0.25, 0.3) is 12.2 Å². The Morgan fingerprint density at radius 2 is 1.56 bits per heavy atom. The van der Waals surface area contributed by atoms with E-state index in [1.54, 1.807) is 0 Å². The first kappa shape index (κ1) is 17.7. The molecule has 25 heavy (non-hydrogen) atoms. The van der Waals surface area contributed by atoms with Gasteiger partial charge in [0.15, 0.2) is 5.78 Å². The number of anilines is 1. The van der Waals surface area contributed by atoms with Crippen LogP contribution in [0.3, 0.4) is 0 Å². The molecular weight excluding hydrogens is 374 g/mol. The van der Waals surface area contributed by atoms with E-state index >= 15 is 0 Å². The summed E-state index contributed by atoms with van der Waals surface area (Å²) < 4.78 is 1.02. The molecule has 1 aliphatic rings. The summed E-state index contributed by atoms with van der Waals surface area (Å²) in [6.07, 6.45) is 6.77. The van der Waals surface area contributed by atoms with Gasteiger partial charge < -0.3 is 4.90 Å². The van der Waals surface area contributed by atoms with Crippen LogP contribution in [0.4, 0.5) is 5.69 Å². The van der Waals surface area contributed by atoms with Crippen LogP contribution in [0.15, 0.2) is 64.1 Å². The molecule has 0 amide bonds. The molecule has 0 unspecified atom stereocenters. The number of carbonyl (C=O) groups excluding carboxylic acids is 1. The number of carbonyl (C=O) groups is 1. The minimum Gasteiger partial charge on any atom is -0.378 e. The molecule has 0 radical (unpaired) electrons. The van der Waals surface area contributed by atoms with E-state index in [1.165, 1.54) is 0 Å². The molecular formula is C22H22BrNO. The second kappa shape index (κ2) is 7.83. The maximum atomic E-state index is 12.9. The Balaban J connectivity index is 1.86. The van der Waals surface area contributed by atoms with E-state index in [0.717, 1.165) is 51.7 Å². The molecule has 1 aliphatic carbocycles. The highest BCUT2D eigenvalue weighted by Crippen LogP contribution is 2.29. The minimum absolute atomic E-state index is 0.179.